The Hall–Kier alpha value is -0.860. The largest absolute Gasteiger partial charge is 0.344 e. The van der Waals surface area contributed by atoms with Crippen LogP contribution in [0.5, 0.6) is 0 Å². The van der Waals surface area contributed by atoms with E-state index in [4.69, 9.17) is 5.26 Å². The van der Waals surface area contributed by atoms with Gasteiger partial charge in [-0.25, -0.2) is 0 Å². The topological polar surface area (TPSA) is 44.1 Å². The molecule has 1 heterocycles. The van der Waals surface area contributed by atoms with Gasteiger partial charge in [-0.2, -0.15) is 5.26 Å². The number of likely N-dealkylation sites (N-methyl/N-ethyl adjacent to an activating group) is 1. The van der Waals surface area contributed by atoms with Crippen LogP contribution in [0.3, 0.4) is 0 Å². The van der Waals surface area contributed by atoms with E-state index in [0.717, 1.165) is 23.0 Å². The molecule has 0 N–H and O–H groups in total. The Labute approximate surface area is 113 Å². The molecule has 1 aromatic heterocycles. The quantitative estimate of drug-likeness (QED) is 0.858. The van der Waals surface area contributed by atoms with Crippen molar-refractivity contribution in [2.75, 3.05) is 13.6 Å². The lowest BCUT2D eigenvalue weighted by molar-refractivity contribution is -0.133. The third-order valence-electron chi connectivity index (χ3n) is 3.04. The van der Waals surface area contributed by atoms with Crippen molar-refractivity contribution in [2.45, 2.75) is 19.3 Å². The summed E-state index contributed by atoms with van der Waals surface area (Å²) in [6.45, 7) is 0.676. The molecule has 1 aliphatic carbocycles. The van der Waals surface area contributed by atoms with E-state index in [1.165, 1.54) is 4.88 Å². The SMILES string of the molecule is CN(CCc1ccc(Br)s1)C(=O)C1(C#N)CC1. The second-order valence-corrected chi connectivity index (χ2v) is 6.92. The predicted molar refractivity (Wildman–Crippen MR) is 70.6 cm³/mol. The summed E-state index contributed by atoms with van der Waals surface area (Å²) < 4.78 is 1.11. The van der Waals surface area contributed by atoms with Gasteiger partial charge in [0.05, 0.1) is 9.86 Å². The normalized spacial score (nSPS) is 16.3. The molecule has 0 spiro atoms. The molecule has 0 saturated heterocycles. The predicted octanol–water partition coefficient (Wildman–Crippen LogP) is 2.82. The smallest absolute Gasteiger partial charge is 0.242 e. The van der Waals surface area contributed by atoms with Crippen molar-refractivity contribution < 1.29 is 4.79 Å². The molecule has 1 saturated carbocycles. The van der Waals surface area contributed by atoms with Gasteiger partial charge < -0.3 is 4.90 Å². The van der Waals surface area contributed by atoms with Crippen LogP contribution in [0.1, 0.15) is 17.7 Å². The van der Waals surface area contributed by atoms with Gasteiger partial charge in [0.1, 0.15) is 5.41 Å². The third kappa shape index (κ3) is 2.70. The van der Waals surface area contributed by atoms with E-state index in [0.29, 0.717) is 6.54 Å². The van der Waals surface area contributed by atoms with E-state index in [2.05, 4.69) is 28.1 Å². The maximum absolute atomic E-state index is 12.0. The van der Waals surface area contributed by atoms with Crippen LogP contribution in [0.2, 0.25) is 0 Å². The molecule has 3 nitrogen and oxygen atoms in total. The first kappa shape index (κ1) is 12.6. The van der Waals surface area contributed by atoms with E-state index in [1.54, 1.807) is 23.3 Å². The second-order valence-electron chi connectivity index (χ2n) is 4.38. The van der Waals surface area contributed by atoms with Crippen LogP contribution in [0.4, 0.5) is 0 Å². The highest BCUT2D eigenvalue weighted by Crippen LogP contribution is 2.46. The molecule has 0 atom stereocenters. The molecule has 1 amide bonds. The van der Waals surface area contributed by atoms with Gasteiger partial charge in [-0.3, -0.25) is 4.79 Å². The highest BCUT2D eigenvalue weighted by atomic mass is 79.9. The molecular weight excluding hydrogens is 300 g/mol. The number of halogens is 1. The monoisotopic (exact) mass is 312 g/mol. The summed E-state index contributed by atoms with van der Waals surface area (Å²) in [4.78, 5) is 14.9. The second kappa shape index (κ2) is 4.79. The number of rotatable bonds is 4. The van der Waals surface area contributed by atoms with Crippen LogP contribution < -0.4 is 0 Å². The molecule has 1 aromatic rings. The summed E-state index contributed by atoms with van der Waals surface area (Å²) in [5.41, 5.74) is -0.690. The van der Waals surface area contributed by atoms with Crippen molar-refractivity contribution in [1.29, 1.82) is 5.26 Å². The van der Waals surface area contributed by atoms with Gasteiger partial charge in [0, 0.05) is 18.5 Å². The number of hydrogen-bond donors (Lipinski definition) is 0. The van der Waals surface area contributed by atoms with Gasteiger partial charge in [-0.1, -0.05) is 0 Å². The molecular formula is C12H13BrN2OS. The fourth-order valence-corrected chi connectivity index (χ4v) is 3.20. The molecule has 90 valence electrons. The van der Waals surface area contributed by atoms with Crippen molar-refractivity contribution >= 4 is 33.2 Å². The van der Waals surface area contributed by atoms with Gasteiger partial charge in [-0.05, 0) is 47.3 Å². The van der Waals surface area contributed by atoms with Crippen molar-refractivity contribution in [2.24, 2.45) is 5.41 Å². The summed E-state index contributed by atoms with van der Waals surface area (Å²) in [6.07, 6.45) is 2.29. The van der Waals surface area contributed by atoms with Crippen LogP contribution in [0.25, 0.3) is 0 Å². The maximum Gasteiger partial charge on any atom is 0.242 e. The third-order valence-corrected chi connectivity index (χ3v) is 4.73. The number of nitriles is 1. The zero-order valence-corrected chi connectivity index (χ0v) is 12.0. The zero-order valence-electron chi connectivity index (χ0n) is 9.57. The minimum atomic E-state index is -0.690. The molecule has 0 bridgehead atoms. The van der Waals surface area contributed by atoms with Crippen molar-refractivity contribution in [3.05, 3.63) is 20.8 Å². The molecule has 1 aliphatic rings. The van der Waals surface area contributed by atoms with E-state index < -0.39 is 5.41 Å². The lowest BCUT2D eigenvalue weighted by Gasteiger charge is -2.19. The maximum atomic E-state index is 12.0. The number of nitrogens with zero attached hydrogens (tertiary/aromatic N) is 2. The molecule has 5 heteroatoms. The number of carbonyl (C=O) groups excluding carboxylic acids is 1. The zero-order chi connectivity index (χ0) is 12.5. The van der Waals surface area contributed by atoms with Crippen molar-refractivity contribution in [3.63, 3.8) is 0 Å². The van der Waals surface area contributed by atoms with Gasteiger partial charge in [-0.15, -0.1) is 11.3 Å². The Morgan fingerprint density at radius 3 is 2.82 bits per heavy atom. The van der Waals surface area contributed by atoms with E-state index in [1.807, 2.05) is 6.07 Å². The van der Waals surface area contributed by atoms with Crippen LogP contribution in [-0.2, 0) is 11.2 Å². The number of thiophene rings is 1. The average Bonchev–Trinajstić information content (AvgIpc) is 3.03. The van der Waals surface area contributed by atoms with Crippen LogP contribution in [-0.4, -0.2) is 24.4 Å². The summed E-state index contributed by atoms with van der Waals surface area (Å²) >= 11 is 5.10. The Bertz CT molecular complexity index is 473. The molecule has 0 unspecified atom stereocenters. The summed E-state index contributed by atoms with van der Waals surface area (Å²) in [5.74, 6) is -0.0179. The highest BCUT2D eigenvalue weighted by Gasteiger charge is 2.51. The minimum absolute atomic E-state index is 0.0179. The van der Waals surface area contributed by atoms with Gasteiger partial charge in [0.25, 0.3) is 0 Å². The van der Waals surface area contributed by atoms with Crippen molar-refractivity contribution in [3.8, 4) is 6.07 Å². The van der Waals surface area contributed by atoms with Gasteiger partial charge >= 0.3 is 0 Å². The van der Waals surface area contributed by atoms with Crippen molar-refractivity contribution in [1.82, 2.24) is 4.90 Å². The summed E-state index contributed by atoms with van der Waals surface area (Å²) in [6, 6.07) is 6.21. The van der Waals surface area contributed by atoms with Crippen LogP contribution in [0.15, 0.2) is 15.9 Å². The average molecular weight is 313 g/mol. The first-order valence-corrected chi connectivity index (χ1v) is 7.09. The molecule has 2 rings (SSSR count). The summed E-state index contributed by atoms with van der Waals surface area (Å²) in [7, 11) is 1.78. The van der Waals surface area contributed by atoms with E-state index in [9.17, 15) is 4.79 Å². The molecule has 17 heavy (non-hydrogen) atoms. The molecule has 0 radical (unpaired) electrons. The standard InChI is InChI=1S/C12H13BrN2OS/c1-15(11(16)12(8-14)5-6-12)7-4-9-2-3-10(13)17-9/h2-3H,4-7H2,1H3. The highest BCUT2D eigenvalue weighted by molar-refractivity contribution is 9.11. The molecule has 1 fully saturated rings. The fraction of sp³-hybridized carbons (Fsp3) is 0.500. The summed E-state index contributed by atoms with van der Waals surface area (Å²) in [5, 5.41) is 8.96. The number of carbonyl (C=O) groups is 1. The lowest BCUT2D eigenvalue weighted by atomic mass is 10.1. The minimum Gasteiger partial charge on any atom is -0.344 e. The van der Waals surface area contributed by atoms with E-state index in [-0.39, 0.29) is 5.91 Å². The molecule has 0 aliphatic heterocycles. The van der Waals surface area contributed by atoms with Gasteiger partial charge in [0.15, 0.2) is 0 Å². The first-order chi connectivity index (χ1) is 8.07. The Kier molecular flexibility index (Phi) is 3.55. The van der Waals surface area contributed by atoms with Crippen LogP contribution in [0, 0.1) is 16.7 Å². The molecule has 0 aromatic carbocycles. The Morgan fingerprint density at radius 1 is 1.65 bits per heavy atom. The van der Waals surface area contributed by atoms with Gasteiger partial charge in [0.2, 0.25) is 5.91 Å². The lowest BCUT2D eigenvalue weighted by Crippen LogP contribution is -2.34. The van der Waals surface area contributed by atoms with Crippen LogP contribution >= 0.6 is 27.3 Å². The Balaban J connectivity index is 1.88. The fourth-order valence-electron chi connectivity index (χ4n) is 1.73. The Morgan fingerprint density at radius 2 is 2.35 bits per heavy atom. The van der Waals surface area contributed by atoms with E-state index >= 15 is 0 Å². The number of hydrogen-bond acceptors (Lipinski definition) is 3. The number of amides is 1. The first-order valence-electron chi connectivity index (χ1n) is 5.48.